The van der Waals surface area contributed by atoms with Crippen LogP contribution in [0, 0.1) is 11.8 Å². The van der Waals surface area contributed by atoms with Gasteiger partial charge in [-0.15, -0.1) is 0 Å². The zero-order valence-corrected chi connectivity index (χ0v) is 8.58. The van der Waals surface area contributed by atoms with Gasteiger partial charge in [-0.1, -0.05) is 6.92 Å². The number of hydrogen-bond donors (Lipinski definition) is 1. The van der Waals surface area contributed by atoms with Crippen molar-refractivity contribution in [1.82, 2.24) is 4.90 Å². The van der Waals surface area contributed by atoms with Gasteiger partial charge in [0.15, 0.2) is 0 Å². The summed E-state index contributed by atoms with van der Waals surface area (Å²) >= 11 is 0. The summed E-state index contributed by atoms with van der Waals surface area (Å²) < 4.78 is 0. The number of fused-ring (bicyclic) bond motifs is 1. The van der Waals surface area contributed by atoms with E-state index in [2.05, 4.69) is 11.8 Å². The van der Waals surface area contributed by atoms with Crippen LogP contribution in [0.3, 0.4) is 0 Å². The van der Waals surface area contributed by atoms with E-state index in [9.17, 15) is 5.11 Å². The molecular formula is C11H21NO. The van der Waals surface area contributed by atoms with E-state index in [-0.39, 0.29) is 6.10 Å². The van der Waals surface area contributed by atoms with Gasteiger partial charge in [0.25, 0.3) is 0 Å². The van der Waals surface area contributed by atoms with E-state index in [1.807, 2.05) is 0 Å². The van der Waals surface area contributed by atoms with Gasteiger partial charge in [-0.3, -0.25) is 0 Å². The predicted octanol–water partition coefficient (Wildman–Crippen LogP) is 1.49. The molecule has 2 rings (SSSR count). The minimum atomic E-state index is -0.00180. The maximum atomic E-state index is 9.59. The largest absolute Gasteiger partial charge is 0.393 e. The fraction of sp³-hybridized carbons (Fsp3) is 1.00. The van der Waals surface area contributed by atoms with E-state index in [1.165, 1.54) is 32.5 Å². The van der Waals surface area contributed by atoms with Crippen molar-refractivity contribution < 1.29 is 5.11 Å². The lowest BCUT2D eigenvalue weighted by Gasteiger charge is -2.42. The van der Waals surface area contributed by atoms with Gasteiger partial charge >= 0.3 is 0 Å². The Hall–Kier alpha value is -0.0800. The van der Waals surface area contributed by atoms with Crippen molar-refractivity contribution in [3.05, 3.63) is 0 Å². The van der Waals surface area contributed by atoms with Crippen LogP contribution in [0.4, 0.5) is 0 Å². The number of nitrogens with zero attached hydrogens (tertiary/aromatic N) is 1. The lowest BCUT2D eigenvalue weighted by Crippen LogP contribution is -2.43. The first kappa shape index (κ1) is 9.47. The van der Waals surface area contributed by atoms with Crippen molar-refractivity contribution >= 4 is 0 Å². The average molecular weight is 183 g/mol. The molecule has 0 spiro atoms. The minimum absolute atomic E-state index is 0.00180. The summed E-state index contributed by atoms with van der Waals surface area (Å²) in [6.45, 7) is 5.94. The highest BCUT2D eigenvalue weighted by molar-refractivity contribution is 4.85. The van der Waals surface area contributed by atoms with E-state index < -0.39 is 0 Å². The van der Waals surface area contributed by atoms with E-state index in [0.29, 0.717) is 0 Å². The van der Waals surface area contributed by atoms with Crippen LogP contribution in [0.1, 0.15) is 32.6 Å². The first-order valence-corrected chi connectivity index (χ1v) is 5.70. The van der Waals surface area contributed by atoms with E-state index >= 15 is 0 Å². The lowest BCUT2D eigenvalue weighted by molar-refractivity contribution is 0.0211. The fourth-order valence-electron chi connectivity index (χ4n) is 2.96. The molecule has 1 N–H and O–H groups in total. The van der Waals surface area contributed by atoms with Crippen molar-refractivity contribution in [2.45, 2.75) is 38.7 Å². The van der Waals surface area contributed by atoms with Gasteiger partial charge in [0, 0.05) is 6.54 Å². The summed E-state index contributed by atoms with van der Waals surface area (Å²) in [5, 5.41) is 9.59. The molecule has 2 nitrogen and oxygen atoms in total. The van der Waals surface area contributed by atoms with Gasteiger partial charge in [0.2, 0.25) is 0 Å². The smallest absolute Gasteiger partial charge is 0.0543 e. The van der Waals surface area contributed by atoms with Crippen LogP contribution in [0.5, 0.6) is 0 Å². The maximum absolute atomic E-state index is 9.59. The maximum Gasteiger partial charge on any atom is 0.0543 e. The van der Waals surface area contributed by atoms with Gasteiger partial charge in [-0.05, 0) is 50.6 Å². The van der Waals surface area contributed by atoms with E-state index in [4.69, 9.17) is 0 Å². The van der Waals surface area contributed by atoms with Crippen molar-refractivity contribution in [2.75, 3.05) is 19.6 Å². The molecule has 0 aromatic rings. The van der Waals surface area contributed by atoms with Crippen LogP contribution >= 0.6 is 0 Å². The Morgan fingerprint density at radius 2 is 2.08 bits per heavy atom. The van der Waals surface area contributed by atoms with Crippen LogP contribution in [-0.2, 0) is 0 Å². The average Bonchev–Trinajstić information content (AvgIpc) is 2.16. The highest BCUT2D eigenvalue weighted by Crippen LogP contribution is 2.35. The van der Waals surface area contributed by atoms with Gasteiger partial charge in [-0.2, -0.15) is 0 Å². The number of hydrogen-bond acceptors (Lipinski definition) is 2. The molecule has 2 fully saturated rings. The number of rotatable bonds is 1. The first-order chi connectivity index (χ1) is 6.29. The van der Waals surface area contributed by atoms with Gasteiger partial charge < -0.3 is 10.0 Å². The van der Waals surface area contributed by atoms with Crippen molar-refractivity contribution in [2.24, 2.45) is 11.8 Å². The third kappa shape index (κ3) is 2.05. The highest BCUT2D eigenvalue weighted by Gasteiger charge is 2.33. The topological polar surface area (TPSA) is 23.5 Å². The Morgan fingerprint density at radius 3 is 2.85 bits per heavy atom. The van der Waals surface area contributed by atoms with Crippen LogP contribution < -0.4 is 0 Å². The molecule has 76 valence electrons. The molecule has 3 atom stereocenters. The van der Waals surface area contributed by atoms with E-state index in [0.717, 1.165) is 24.7 Å². The van der Waals surface area contributed by atoms with Gasteiger partial charge in [0.05, 0.1) is 6.10 Å². The Labute approximate surface area is 80.9 Å². The quantitative estimate of drug-likeness (QED) is 0.666. The second-order valence-corrected chi connectivity index (χ2v) is 4.67. The van der Waals surface area contributed by atoms with Crippen molar-refractivity contribution in [1.29, 1.82) is 0 Å². The number of aliphatic hydroxyl groups excluding tert-OH is 1. The molecule has 0 bridgehead atoms. The number of piperidine rings is 1. The molecule has 2 heteroatoms. The second-order valence-electron chi connectivity index (χ2n) is 4.67. The number of likely N-dealkylation sites (tertiary alicyclic amines) is 1. The van der Waals surface area contributed by atoms with Crippen molar-refractivity contribution in [3.8, 4) is 0 Å². The molecule has 1 aliphatic heterocycles. The van der Waals surface area contributed by atoms with Crippen molar-refractivity contribution in [3.63, 3.8) is 0 Å². The molecule has 0 amide bonds. The van der Waals surface area contributed by atoms with Crippen LogP contribution in [0.25, 0.3) is 0 Å². The molecule has 0 aromatic carbocycles. The third-order valence-corrected chi connectivity index (χ3v) is 3.87. The zero-order chi connectivity index (χ0) is 9.26. The predicted molar refractivity (Wildman–Crippen MR) is 53.6 cm³/mol. The molecule has 2 aliphatic rings. The summed E-state index contributed by atoms with van der Waals surface area (Å²) in [4.78, 5) is 2.53. The summed E-state index contributed by atoms with van der Waals surface area (Å²) in [5.41, 5.74) is 0. The third-order valence-electron chi connectivity index (χ3n) is 3.87. The molecule has 1 aliphatic carbocycles. The molecule has 1 heterocycles. The summed E-state index contributed by atoms with van der Waals surface area (Å²) in [6.07, 6.45) is 4.74. The highest BCUT2D eigenvalue weighted by atomic mass is 16.3. The normalized spacial score (nSPS) is 41.5. The van der Waals surface area contributed by atoms with Crippen LogP contribution in [0.2, 0.25) is 0 Å². The van der Waals surface area contributed by atoms with E-state index in [1.54, 1.807) is 0 Å². The summed E-state index contributed by atoms with van der Waals surface area (Å²) in [7, 11) is 0. The summed E-state index contributed by atoms with van der Waals surface area (Å²) in [6, 6.07) is 0. The van der Waals surface area contributed by atoms with Gasteiger partial charge in [-0.25, -0.2) is 0 Å². The molecule has 1 saturated carbocycles. The standard InChI is InChI=1S/C11H21NO/c1-2-12-6-5-9-3-4-11(13)7-10(9)8-12/h9-11,13H,2-8H2,1H3. The molecular weight excluding hydrogens is 162 g/mol. The lowest BCUT2D eigenvalue weighted by atomic mass is 9.74. The fourth-order valence-corrected chi connectivity index (χ4v) is 2.96. The monoisotopic (exact) mass is 183 g/mol. The Balaban J connectivity index is 1.91. The number of aliphatic hydroxyl groups is 1. The molecule has 1 saturated heterocycles. The zero-order valence-electron chi connectivity index (χ0n) is 8.58. The Bertz CT molecular complexity index is 171. The Kier molecular flexibility index (Phi) is 2.89. The molecule has 13 heavy (non-hydrogen) atoms. The summed E-state index contributed by atoms with van der Waals surface area (Å²) in [5.74, 6) is 1.71. The second kappa shape index (κ2) is 3.97. The van der Waals surface area contributed by atoms with Crippen LogP contribution in [0.15, 0.2) is 0 Å². The van der Waals surface area contributed by atoms with Gasteiger partial charge in [0.1, 0.15) is 0 Å². The van der Waals surface area contributed by atoms with Crippen LogP contribution in [-0.4, -0.2) is 35.7 Å². The SMILES string of the molecule is CCN1CCC2CCC(O)CC2C1. The molecule has 3 unspecified atom stereocenters. The first-order valence-electron chi connectivity index (χ1n) is 5.70. The minimum Gasteiger partial charge on any atom is -0.393 e. The Morgan fingerprint density at radius 1 is 1.23 bits per heavy atom. The molecule has 0 radical (unpaired) electrons. The molecule has 0 aromatic heterocycles.